The fourth-order valence-electron chi connectivity index (χ4n) is 3.72. The maximum Gasteiger partial charge on any atom is 0.320 e. The first-order valence-electron chi connectivity index (χ1n) is 10.9. The number of aliphatic hydroxyl groups is 1. The van der Waals surface area contributed by atoms with Crippen molar-refractivity contribution in [1.82, 2.24) is 24.5 Å². The van der Waals surface area contributed by atoms with Gasteiger partial charge in [-0.15, -0.1) is 0 Å². The molecular formula is C21H40BN5O3. The summed E-state index contributed by atoms with van der Waals surface area (Å²) in [4.78, 5) is 18.5. The molecule has 1 aliphatic heterocycles. The van der Waals surface area contributed by atoms with Gasteiger partial charge in [-0.3, -0.25) is 9.58 Å². The molecule has 0 spiro atoms. The molecule has 0 saturated carbocycles. The van der Waals surface area contributed by atoms with Crippen molar-refractivity contribution in [3.05, 3.63) is 12.4 Å². The second-order valence-electron chi connectivity index (χ2n) is 9.87. The molecule has 0 aromatic carbocycles. The summed E-state index contributed by atoms with van der Waals surface area (Å²) in [6.45, 7) is 15.2. The van der Waals surface area contributed by atoms with E-state index >= 15 is 0 Å². The molecule has 1 aliphatic rings. The molecule has 1 N–H and O–H groups in total. The Balaban J connectivity index is 1.78. The minimum absolute atomic E-state index is 0.0914. The van der Waals surface area contributed by atoms with Crippen LogP contribution in [0.5, 0.6) is 0 Å². The summed E-state index contributed by atoms with van der Waals surface area (Å²) in [5, 5.41) is 14.6. The third kappa shape index (κ3) is 6.22. The van der Waals surface area contributed by atoms with E-state index in [9.17, 15) is 9.90 Å². The topological polar surface area (TPSA) is 74.1 Å². The maximum atomic E-state index is 12.4. The largest absolute Gasteiger partial charge is 0.427 e. The van der Waals surface area contributed by atoms with Gasteiger partial charge in [0.2, 0.25) is 0 Å². The maximum absolute atomic E-state index is 12.4. The van der Waals surface area contributed by atoms with Crippen LogP contribution in [0, 0.1) is 0 Å². The molecule has 1 aromatic rings. The normalized spacial score (nSPS) is 21.0. The first kappa shape index (κ1) is 24.7. The molecule has 2 rings (SSSR count). The lowest BCUT2D eigenvalue weighted by Gasteiger charge is -2.45. The Morgan fingerprint density at radius 2 is 1.83 bits per heavy atom. The third-order valence-corrected chi connectivity index (χ3v) is 6.22. The summed E-state index contributed by atoms with van der Waals surface area (Å²) < 4.78 is 7.87. The van der Waals surface area contributed by atoms with Crippen LogP contribution in [0.2, 0.25) is 0 Å². The van der Waals surface area contributed by atoms with Gasteiger partial charge in [0.1, 0.15) is 0 Å². The molecule has 170 valence electrons. The lowest BCUT2D eigenvalue weighted by atomic mass is 9.84. The van der Waals surface area contributed by atoms with Crippen LogP contribution in [0.1, 0.15) is 48.0 Å². The number of rotatable bonds is 8. The number of nitrogens with zero attached hydrogens (tertiary/aromatic N) is 5. The minimum atomic E-state index is -0.918. The monoisotopic (exact) mass is 421 g/mol. The smallest absolute Gasteiger partial charge is 0.320 e. The number of carbonyl (C=O) groups is 1. The van der Waals surface area contributed by atoms with E-state index in [0.29, 0.717) is 7.48 Å². The number of piperazine rings is 1. The molecule has 0 aliphatic carbocycles. The van der Waals surface area contributed by atoms with Crippen LogP contribution >= 0.6 is 0 Å². The van der Waals surface area contributed by atoms with Crippen LogP contribution in [0.4, 0.5) is 4.79 Å². The van der Waals surface area contributed by atoms with Crippen LogP contribution in [0.25, 0.3) is 0 Å². The van der Waals surface area contributed by atoms with Gasteiger partial charge in [0, 0.05) is 64.8 Å². The predicted molar refractivity (Wildman–Crippen MR) is 121 cm³/mol. The molecule has 1 saturated heterocycles. The fraction of sp³-hybridized carbons (Fsp3) is 0.810. The highest BCUT2D eigenvalue weighted by Gasteiger charge is 2.36. The van der Waals surface area contributed by atoms with Crippen molar-refractivity contribution in [2.75, 3.05) is 33.7 Å². The van der Waals surface area contributed by atoms with E-state index < -0.39 is 11.2 Å². The predicted octanol–water partition coefficient (Wildman–Crippen LogP) is 0.892. The van der Waals surface area contributed by atoms with Crippen molar-refractivity contribution in [3.8, 4) is 0 Å². The molecule has 9 heteroatoms. The zero-order valence-corrected chi connectivity index (χ0v) is 20.1. The van der Waals surface area contributed by atoms with E-state index in [-0.39, 0.29) is 18.1 Å². The van der Waals surface area contributed by atoms with Crippen molar-refractivity contribution in [3.63, 3.8) is 0 Å². The molecule has 1 fully saturated rings. The Kier molecular flexibility index (Phi) is 7.99. The lowest BCUT2D eigenvalue weighted by molar-refractivity contribution is -0.0893. The Hall–Kier alpha value is -1.58. The zero-order valence-electron chi connectivity index (χ0n) is 20.1. The second-order valence-corrected chi connectivity index (χ2v) is 9.87. The van der Waals surface area contributed by atoms with Gasteiger partial charge in [-0.25, -0.2) is 4.79 Å². The highest BCUT2D eigenvalue weighted by Crippen LogP contribution is 2.24. The first-order chi connectivity index (χ1) is 13.8. The quantitative estimate of drug-likeness (QED) is 0.632. The molecule has 30 heavy (non-hydrogen) atoms. The average molecular weight is 421 g/mol. The average Bonchev–Trinajstić information content (AvgIpc) is 3.06. The Bertz CT molecular complexity index is 689. The molecule has 2 atom stereocenters. The van der Waals surface area contributed by atoms with E-state index in [1.807, 2.05) is 49.9 Å². The van der Waals surface area contributed by atoms with Crippen LogP contribution in [0.3, 0.4) is 0 Å². The fourth-order valence-corrected chi connectivity index (χ4v) is 3.72. The Labute approximate surface area is 182 Å². The van der Waals surface area contributed by atoms with E-state index in [1.54, 1.807) is 18.7 Å². The molecule has 0 bridgehead atoms. The van der Waals surface area contributed by atoms with Crippen molar-refractivity contribution >= 4 is 19.0 Å². The standard InChI is InChI=1S/C21H40BN5O3/c1-16-13-25(14-17(2)27(16)19(28)24(7)8)10-9-11-26-15-18(12-23-26)22-30-21(5,6)20(3,4)29/h12,15-17,22,29H,9-11,13-14H2,1-8H3/t16-,17+. The van der Waals surface area contributed by atoms with Gasteiger partial charge in [-0.05, 0) is 53.4 Å². The molecule has 2 heterocycles. The number of carbonyl (C=O) groups excluding carboxylic acids is 1. The van der Waals surface area contributed by atoms with Crippen molar-refractivity contribution in [2.45, 2.75) is 77.8 Å². The van der Waals surface area contributed by atoms with Crippen LogP contribution in [-0.2, 0) is 11.2 Å². The second kappa shape index (κ2) is 9.70. The summed E-state index contributed by atoms with van der Waals surface area (Å²) in [7, 11) is 4.04. The molecule has 1 aromatic heterocycles. The Morgan fingerprint density at radius 1 is 1.23 bits per heavy atom. The van der Waals surface area contributed by atoms with Gasteiger partial charge in [-0.2, -0.15) is 5.10 Å². The molecule has 8 nitrogen and oxygen atoms in total. The van der Waals surface area contributed by atoms with Crippen LogP contribution < -0.4 is 5.46 Å². The van der Waals surface area contributed by atoms with Gasteiger partial charge < -0.3 is 19.6 Å². The van der Waals surface area contributed by atoms with Gasteiger partial charge in [-0.1, -0.05) is 0 Å². The summed E-state index contributed by atoms with van der Waals surface area (Å²) >= 11 is 0. The summed E-state index contributed by atoms with van der Waals surface area (Å²) in [5.41, 5.74) is -0.554. The van der Waals surface area contributed by atoms with Crippen LogP contribution in [0.15, 0.2) is 12.4 Å². The SMILES string of the molecule is C[C@@H]1CN(CCCn2cc(BOC(C)(C)C(C)(C)O)cn2)C[C@H](C)N1C(=O)N(C)C. The lowest BCUT2D eigenvalue weighted by Crippen LogP contribution is -2.60. The first-order valence-corrected chi connectivity index (χ1v) is 10.9. The van der Waals surface area contributed by atoms with E-state index in [0.717, 1.165) is 38.1 Å². The highest BCUT2D eigenvalue weighted by atomic mass is 16.5. The number of amides is 2. The number of hydrogen-bond donors (Lipinski definition) is 1. The van der Waals surface area contributed by atoms with E-state index in [4.69, 9.17) is 4.65 Å². The molecule has 0 radical (unpaired) electrons. The van der Waals surface area contributed by atoms with Crippen molar-refractivity contribution < 1.29 is 14.6 Å². The summed E-state index contributed by atoms with van der Waals surface area (Å²) in [5.74, 6) is 0. The third-order valence-electron chi connectivity index (χ3n) is 6.22. The highest BCUT2D eigenvalue weighted by molar-refractivity contribution is 6.46. The van der Waals surface area contributed by atoms with Gasteiger partial charge in [0.15, 0.2) is 0 Å². The number of aromatic nitrogens is 2. The summed E-state index contributed by atoms with van der Waals surface area (Å²) in [6.07, 6.45) is 4.84. The number of urea groups is 1. The Morgan fingerprint density at radius 3 is 2.37 bits per heavy atom. The van der Waals surface area contributed by atoms with Crippen molar-refractivity contribution in [1.29, 1.82) is 0 Å². The molecule has 0 unspecified atom stereocenters. The minimum Gasteiger partial charge on any atom is -0.427 e. The molecular weight excluding hydrogens is 381 g/mol. The zero-order chi connectivity index (χ0) is 22.7. The number of hydrogen-bond acceptors (Lipinski definition) is 5. The van der Waals surface area contributed by atoms with E-state index in [2.05, 4.69) is 23.8 Å². The van der Waals surface area contributed by atoms with Crippen molar-refractivity contribution in [2.24, 2.45) is 0 Å². The van der Waals surface area contributed by atoms with E-state index in [1.165, 1.54) is 0 Å². The summed E-state index contributed by atoms with van der Waals surface area (Å²) in [6, 6.07) is 0.501. The molecule has 2 amide bonds. The van der Waals surface area contributed by atoms with Gasteiger partial charge in [0.25, 0.3) is 0 Å². The van der Waals surface area contributed by atoms with Gasteiger partial charge in [0.05, 0.1) is 11.2 Å². The number of aryl methyl sites for hydroxylation is 1. The van der Waals surface area contributed by atoms with Crippen LogP contribution in [-0.4, -0.2) is 100 Å². The van der Waals surface area contributed by atoms with Gasteiger partial charge >= 0.3 is 13.5 Å².